The molecule has 5 heteroatoms. The van der Waals surface area contributed by atoms with Crippen LogP contribution in [-0.4, -0.2) is 9.78 Å². The van der Waals surface area contributed by atoms with E-state index in [2.05, 4.69) is 28.0 Å². The minimum atomic E-state index is -0.120. The second-order valence-corrected chi connectivity index (χ2v) is 5.98. The number of aryl methyl sites for hydroxylation is 2. The normalized spacial score (nSPS) is 13.0. The van der Waals surface area contributed by atoms with E-state index in [9.17, 15) is 0 Å². The summed E-state index contributed by atoms with van der Waals surface area (Å²) in [4.78, 5) is 0. The SMILES string of the molecule is CCc1nn(C)c(CC(N)c2coc3ccccc23)c1Br. The van der Waals surface area contributed by atoms with E-state index < -0.39 is 0 Å². The van der Waals surface area contributed by atoms with Crippen molar-refractivity contribution in [3.63, 3.8) is 0 Å². The standard InChI is InChI=1S/C16H18BrN3O/c1-3-13-16(17)14(20(2)19-13)8-12(18)11-9-21-15-7-5-4-6-10(11)15/h4-7,9,12H,3,8,18H2,1-2H3. The van der Waals surface area contributed by atoms with E-state index in [4.69, 9.17) is 10.2 Å². The van der Waals surface area contributed by atoms with E-state index in [-0.39, 0.29) is 6.04 Å². The molecule has 0 saturated carbocycles. The van der Waals surface area contributed by atoms with E-state index in [0.29, 0.717) is 6.42 Å². The first-order valence-corrected chi connectivity index (χ1v) is 7.83. The van der Waals surface area contributed by atoms with Crippen molar-refractivity contribution in [2.75, 3.05) is 0 Å². The summed E-state index contributed by atoms with van der Waals surface area (Å²) < 4.78 is 8.55. The van der Waals surface area contributed by atoms with Crippen molar-refractivity contribution >= 4 is 26.9 Å². The van der Waals surface area contributed by atoms with E-state index in [1.807, 2.05) is 36.0 Å². The largest absolute Gasteiger partial charge is 0.464 e. The van der Waals surface area contributed by atoms with Crippen LogP contribution < -0.4 is 5.73 Å². The highest BCUT2D eigenvalue weighted by atomic mass is 79.9. The smallest absolute Gasteiger partial charge is 0.134 e. The summed E-state index contributed by atoms with van der Waals surface area (Å²) in [6, 6.07) is 7.85. The number of hydrogen-bond acceptors (Lipinski definition) is 3. The van der Waals surface area contributed by atoms with E-state index in [1.54, 1.807) is 6.26 Å². The van der Waals surface area contributed by atoms with Crippen molar-refractivity contribution in [2.45, 2.75) is 25.8 Å². The quantitative estimate of drug-likeness (QED) is 0.782. The Morgan fingerprint density at radius 3 is 2.86 bits per heavy atom. The lowest BCUT2D eigenvalue weighted by Crippen LogP contribution is -2.15. The number of aromatic nitrogens is 2. The third-order valence-corrected chi connectivity index (χ3v) is 4.74. The Morgan fingerprint density at radius 1 is 1.38 bits per heavy atom. The number of hydrogen-bond donors (Lipinski definition) is 1. The zero-order valence-electron chi connectivity index (χ0n) is 12.1. The zero-order valence-corrected chi connectivity index (χ0v) is 13.7. The third kappa shape index (κ3) is 2.51. The lowest BCUT2D eigenvalue weighted by Gasteiger charge is -2.11. The van der Waals surface area contributed by atoms with Gasteiger partial charge in [-0.2, -0.15) is 5.10 Å². The minimum absolute atomic E-state index is 0.120. The fourth-order valence-electron chi connectivity index (χ4n) is 2.65. The molecular formula is C16H18BrN3O. The molecule has 2 aromatic heterocycles. The highest BCUT2D eigenvalue weighted by Gasteiger charge is 2.19. The van der Waals surface area contributed by atoms with Gasteiger partial charge in [-0.3, -0.25) is 4.68 Å². The second kappa shape index (κ2) is 5.66. The Morgan fingerprint density at radius 2 is 2.14 bits per heavy atom. The molecule has 0 aliphatic carbocycles. The van der Waals surface area contributed by atoms with Crippen molar-refractivity contribution in [1.82, 2.24) is 9.78 Å². The maximum Gasteiger partial charge on any atom is 0.134 e. The molecule has 0 amide bonds. The molecule has 2 N–H and O–H groups in total. The third-order valence-electron chi connectivity index (χ3n) is 3.83. The van der Waals surface area contributed by atoms with Gasteiger partial charge in [-0.1, -0.05) is 25.1 Å². The van der Waals surface area contributed by atoms with Crippen LogP contribution in [0, 0.1) is 0 Å². The molecule has 1 atom stereocenters. The van der Waals surface area contributed by atoms with Gasteiger partial charge in [-0.15, -0.1) is 0 Å². The zero-order chi connectivity index (χ0) is 15.0. The fraction of sp³-hybridized carbons (Fsp3) is 0.312. The first-order valence-electron chi connectivity index (χ1n) is 7.03. The van der Waals surface area contributed by atoms with Crippen LogP contribution in [0.2, 0.25) is 0 Å². The fourth-order valence-corrected chi connectivity index (χ4v) is 3.42. The molecule has 0 fully saturated rings. The number of fused-ring (bicyclic) bond motifs is 1. The predicted molar refractivity (Wildman–Crippen MR) is 87.1 cm³/mol. The summed E-state index contributed by atoms with van der Waals surface area (Å²) in [5.41, 5.74) is 10.5. The Balaban J connectivity index is 1.93. The predicted octanol–water partition coefficient (Wildman–Crippen LogP) is 3.73. The summed E-state index contributed by atoms with van der Waals surface area (Å²) in [5, 5.41) is 5.60. The molecule has 3 rings (SSSR count). The number of furan rings is 1. The van der Waals surface area contributed by atoms with Crippen LogP contribution in [0.25, 0.3) is 11.0 Å². The maximum atomic E-state index is 6.40. The Kier molecular flexibility index (Phi) is 3.87. The Labute approximate surface area is 132 Å². The minimum Gasteiger partial charge on any atom is -0.464 e. The highest BCUT2D eigenvalue weighted by molar-refractivity contribution is 9.10. The maximum absolute atomic E-state index is 6.40. The number of rotatable bonds is 4. The van der Waals surface area contributed by atoms with Gasteiger partial charge in [0.05, 0.1) is 22.1 Å². The van der Waals surface area contributed by atoms with Crippen molar-refractivity contribution < 1.29 is 4.42 Å². The number of nitrogens with two attached hydrogens (primary N) is 1. The van der Waals surface area contributed by atoms with Gasteiger partial charge in [-0.25, -0.2) is 0 Å². The van der Waals surface area contributed by atoms with Crippen LogP contribution >= 0.6 is 15.9 Å². The molecule has 1 unspecified atom stereocenters. The molecule has 0 aliphatic rings. The number of nitrogens with zero attached hydrogens (tertiary/aromatic N) is 2. The van der Waals surface area contributed by atoms with Gasteiger partial charge in [0, 0.05) is 30.5 Å². The highest BCUT2D eigenvalue weighted by Crippen LogP contribution is 2.30. The Hall–Kier alpha value is -1.59. The topological polar surface area (TPSA) is 57.0 Å². The molecule has 4 nitrogen and oxygen atoms in total. The monoisotopic (exact) mass is 347 g/mol. The summed E-state index contributed by atoms with van der Waals surface area (Å²) in [6.45, 7) is 2.10. The van der Waals surface area contributed by atoms with E-state index in [0.717, 1.165) is 38.8 Å². The Bertz CT molecular complexity index is 775. The molecule has 3 aromatic rings. The molecule has 0 aliphatic heterocycles. The van der Waals surface area contributed by atoms with Crippen LogP contribution in [0.15, 0.2) is 39.4 Å². The van der Waals surface area contributed by atoms with Crippen molar-refractivity contribution in [2.24, 2.45) is 12.8 Å². The molecule has 21 heavy (non-hydrogen) atoms. The van der Waals surface area contributed by atoms with Gasteiger partial charge in [0.2, 0.25) is 0 Å². The number of para-hydroxylation sites is 1. The number of benzene rings is 1. The molecule has 110 valence electrons. The first kappa shape index (κ1) is 14.4. The molecular weight excluding hydrogens is 330 g/mol. The first-order chi connectivity index (χ1) is 10.1. The van der Waals surface area contributed by atoms with Crippen LogP contribution in [0.3, 0.4) is 0 Å². The summed E-state index contributed by atoms with van der Waals surface area (Å²) in [6.07, 6.45) is 3.38. The average Bonchev–Trinajstić information content (AvgIpc) is 3.03. The van der Waals surface area contributed by atoms with Gasteiger partial charge >= 0.3 is 0 Å². The molecule has 2 heterocycles. The van der Waals surface area contributed by atoms with Crippen molar-refractivity contribution in [3.8, 4) is 0 Å². The van der Waals surface area contributed by atoms with Gasteiger partial charge in [0.15, 0.2) is 0 Å². The van der Waals surface area contributed by atoms with Crippen LogP contribution in [0.5, 0.6) is 0 Å². The lowest BCUT2D eigenvalue weighted by atomic mass is 10.0. The van der Waals surface area contributed by atoms with E-state index >= 15 is 0 Å². The molecule has 1 aromatic carbocycles. The van der Waals surface area contributed by atoms with Gasteiger partial charge in [0.1, 0.15) is 5.58 Å². The lowest BCUT2D eigenvalue weighted by molar-refractivity contribution is 0.591. The van der Waals surface area contributed by atoms with Crippen LogP contribution in [0.1, 0.15) is 29.9 Å². The number of halogens is 1. The molecule has 0 radical (unpaired) electrons. The van der Waals surface area contributed by atoms with Crippen LogP contribution in [0.4, 0.5) is 0 Å². The van der Waals surface area contributed by atoms with E-state index in [1.165, 1.54) is 0 Å². The van der Waals surface area contributed by atoms with Crippen molar-refractivity contribution in [3.05, 3.63) is 52.0 Å². The molecule has 0 bridgehead atoms. The summed E-state index contributed by atoms with van der Waals surface area (Å²) in [5.74, 6) is 0. The van der Waals surface area contributed by atoms with Crippen molar-refractivity contribution in [1.29, 1.82) is 0 Å². The van der Waals surface area contributed by atoms with Gasteiger partial charge in [-0.05, 0) is 28.4 Å². The van der Waals surface area contributed by atoms with Crippen LogP contribution in [-0.2, 0) is 19.9 Å². The summed E-state index contributed by atoms with van der Waals surface area (Å²) >= 11 is 3.64. The molecule has 0 saturated heterocycles. The second-order valence-electron chi connectivity index (χ2n) is 5.18. The average molecular weight is 348 g/mol. The summed E-state index contributed by atoms with van der Waals surface area (Å²) in [7, 11) is 1.96. The van der Waals surface area contributed by atoms with Gasteiger partial charge in [0.25, 0.3) is 0 Å². The molecule has 0 spiro atoms. The van der Waals surface area contributed by atoms with Gasteiger partial charge < -0.3 is 10.2 Å².